The maximum atomic E-state index is 10.7. The maximum Gasteiger partial charge on any atom is 0.160 e. The fourth-order valence-electron chi connectivity index (χ4n) is 3.44. The van der Waals surface area contributed by atoms with Gasteiger partial charge in [-0.15, -0.1) is 0 Å². The summed E-state index contributed by atoms with van der Waals surface area (Å²) in [6.45, 7) is 5.19. The van der Waals surface area contributed by atoms with Gasteiger partial charge in [0.05, 0.1) is 16.2 Å². The number of nitrogens with zero attached hydrogens (tertiary/aromatic N) is 3. The molecule has 1 saturated heterocycles. The van der Waals surface area contributed by atoms with Gasteiger partial charge in [-0.25, -0.2) is 0 Å². The van der Waals surface area contributed by atoms with E-state index in [0.717, 1.165) is 33.0 Å². The average molecular weight is 404 g/mol. The molecule has 3 atom stereocenters. The number of rotatable bonds is 2. The molecule has 0 aliphatic carbocycles. The molecule has 3 unspecified atom stereocenters. The van der Waals surface area contributed by atoms with Crippen LogP contribution in [0.5, 0.6) is 5.75 Å². The number of fused-ring (bicyclic) bond motifs is 1. The number of phenols is 1. The predicted molar refractivity (Wildman–Crippen MR) is 101 cm³/mol. The molecule has 3 heterocycles. The van der Waals surface area contributed by atoms with E-state index in [-0.39, 0.29) is 12.1 Å². The van der Waals surface area contributed by atoms with Crippen LogP contribution >= 0.6 is 27.7 Å². The van der Waals surface area contributed by atoms with Crippen molar-refractivity contribution in [1.29, 1.82) is 0 Å². The number of amidine groups is 1. The largest absolute Gasteiger partial charge is 0.506 e. The van der Waals surface area contributed by atoms with Gasteiger partial charge < -0.3 is 10.0 Å². The zero-order valence-corrected chi connectivity index (χ0v) is 15.9. The average Bonchev–Trinajstić information content (AvgIpc) is 3.07. The van der Waals surface area contributed by atoms with Crippen LogP contribution in [-0.2, 0) is 0 Å². The van der Waals surface area contributed by atoms with Gasteiger partial charge in [0.1, 0.15) is 11.8 Å². The van der Waals surface area contributed by atoms with Crippen LogP contribution in [0.25, 0.3) is 0 Å². The van der Waals surface area contributed by atoms with Crippen molar-refractivity contribution >= 4 is 32.9 Å². The molecular weight excluding hydrogens is 386 g/mol. The topological polar surface area (TPSA) is 48.7 Å². The number of aromatic nitrogens is 1. The third-order valence-corrected chi connectivity index (χ3v) is 6.14. The van der Waals surface area contributed by atoms with E-state index in [4.69, 9.17) is 4.99 Å². The number of hydrogen-bond donors (Lipinski definition) is 1. The summed E-state index contributed by atoms with van der Waals surface area (Å²) >= 11 is 5.28. The van der Waals surface area contributed by atoms with Crippen molar-refractivity contribution in [3.8, 4) is 5.75 Å². The number of phenolic OH excluding ortho intramolecular Hbond substituents is 1. The number of thioether (sulfide) groups is 1. The summed E-state index contributed by atoms with van der Waals surface area (Å²) in [5.41, 5.74) is 2.96. The number of benzene rings is 1. The summed E-state index contributed by atoms with van der Waals surface area (Å²) in [4.78, 5) is 11.8. The fraction of sp³-hybridized carbons (Fsp3) is 0.333. The molecule has 6 heteroatoms. The molecular formula is C18H18BrN3OS. The zero-order valence-electron chi connectivity index (χ0n) is 13.5. The van der Waals surface area contributed by atoms with Gasteiger partial charge in [0.15, 0.2) is 5.17 Å². The molecule has 24 heavy (non-hydrogen) atoms. The molecule has 124 valence electrons. The van der Waals surface area contributed by atoms with Crippen LogP contribution < -0.4 is 0 Å². The molecule has 1 aromatic carbocycles. The lowest BCUT2D eigenvalue weighted by Gasteiger charge is -2.28. The summed E-state index contributed by atoms with van der Waals surface area (Å²) in [5.74, 6) is 0.299. The second-order valence-electron chi connectivity index (χ2n) is 6.32. The quantitative estimate of drug-likeness (QED) is 0.804. The minimum absolute atomic E-state index is 0.0245. The summed E-state index contributed by atoms with van der Waals surface area (Å²) in [6.07, 6.45) is 1.80. The molecule has 0 amide bonds. The van der Waals surface area contributed by atoms with Crippen LogP contribution in [0.2, 0.25) is 0 Å². The summed E-state index contributed by atoms with van der Waals surface area (Å²) in [7, 11) is 0. The molecule has 0 radical (unpaired) electrons. The van der Waals surface area contributed by atoms with Gasteiger partial charge in [-0.05, 0) is 46.6 Å². The lowest BCUT2D eigenvalue weighted by atomic mass is 9.94. The van der Waals surface area contributed by atoms with Gasteiger partial charge in [-0.2, -0.15) is 0 Å². The van der Waals surface area contributed by atoms with Crippen molar-refractivity contribution in [2.45, 2.75) is 31.2 Å². The number of aryl methyl sites for hydroxylation is 1. The minimum atomic E-state index is -0.0965. The lowest BCUT2D eigenvalue weighted by Crippen LogP contribution is -2.28. The fourth-order valence-corrected chi connectivity index (χ4v) is 5.12. The van der Waals surface area contributed by atoms with E-state index in [1.54, 1.807) is 18.0 Å². The van der Waals surface area contributed by atoms with Crippen molar-refractivity contribution < 1.29 is 5.11 Å². The minimum Gasteiger partial charge on any atom is -0.506 e. The first kappa shape index (κ1) is 16.0. The van der Waals surface area contributed by atoms with Gasteiger partial charge in [-0.1, -0.05) is 30.8 Å². The number of halogens is 1. The Hall–Kier alpha value is -1.53. The molecule has 0 saturated carbocycles. The Morgan fingerprint density at radius 2 is 2.17 bits per heavy atom. The molecule has 1 aromatic heterocycles. The smallest absolute Gasteiger partial charge is 0.160 e. The zero-order chi connectivity index (χ0) is 16.8. The number of aromatic hydroxyl groups is 1. The van der Waals surface area contributed by atoms with Crippen LogP contribution in [0.4, 0.5) is 0 Å². The van der Waals surface area contributed by atoms with E-state index in [2.05, 4.69) is 38.8 Å². The standard InChI is InChI=1S/C18H18BrN3OS/c1-10-7-12(17(23)13(19)8-10)16-15(14-5-3-4-6-20-14)21-18-22(16)9-11(2)24-18/h3-8,11,15-16,23H,9H2,1-2H3. The van der Waals surface area contributed by atoms with Crippen LogP contribution in [0.15, 0.2) is 46.0 Å². The first-order valence-corrected chi connectivity index (χ1v) is 9.63. The van der Waals surface area contributed by atoms with Gasteiger partial charge in [0.2, 0.25) is 0 Å². The first-order valence-electron chi connectivity index (χ1n) is 7.95. The Bertz CT molecular complexity index is 811. The summed E-state index contributed by atoms with van der Waals surface area (Å²) < 4.78 is 0.727. The lowest BCUT2D eigenvalue weighted by molar-refractivity contribution is 0.311. The van der Waals surface area contributed by atoms with Crippen LogP contribution in [0.1, 0.15) is 35.8 Å². The normalized spacial score (nSPS) is 25.7. The van der Waals surface area contributed by atoms with E-state index >= 15 is 0 Å². The van der Waals surface area contributed by atoms with E-state index in [9.17, 15) is 5.11 Å². The molecule has 2 aromatic rings. The summed E-state index contributed by atoms with van der Waals surface area (Å²) in [6, 6.07) is 9.80. The van der Waals surface area contributed by atoms with E-state index in [1.165, 1.54) is 0 Å². The highest BCUT2D eigenvalue weighted by Gasteiger charge is 2.44. The van der Waals surface area contributed by atoms with Crippen molar-refractivity contribution in [3.05, 3.63) is 57.8 Å². The monoisotopic (exact) mass is 403 g/mol. The molecule has 4 rings (SSSR count). The highest BCUT2D eigenvalue weighted by atomic mass is 79.9. The second-order valence-corrected chi connectivity index (χ2v) is 8.58. The number of pyridine rings is 1. The molecule has 4 nitrogen and oxygen atoms in total. The van der Waals surface area contributed by atoms with E-state index in [0.29, 0.717) is 11.0 Å². The molecule has 0 spiro atoms. The number of hydrogen-bond acceptors (Lipinski definition) is 5. The Kier molecular flexibility index (Phi) is 4.04. The van der Waals surface area contributed by atoms with Crippen molar-refractivity contribution in [1.82, 2.24) is 9.88 Å². The molecule has 1 N–H and O–H groups in total. The molecule has 1 fully saturated rings. The van der Waals surface area contributed by atoms with Crippen molar-refractivity contribution in [2.75, 3.05) is 6.54 Å². The Morgan fingerprint density at radius 1 is 1.33 bits per heavy atom. The SMILES string of the molecule is Cc1cc(Br)c(O)c(C2C(c3ccccn3)N=C3SC(C)CN32)c1. The van der Waals surface area contributed by atoms with Gasteiger partial charge >= 0.3 is 0 Å². The third-order valence-electron chi connectivity index (χ3n) is 4.44. The third kappa shape index (κ3) is 2.62. The second kappa shape index (κ2) is 6.08. The van der Waals surface area contributed by atoms with Gasteiger partial charge in [0, 0.05) is 23.6 Å². The van der Waals surface area contributed by atoms with Gasteiger partial charge in [0.25, 0.3) is 0 Å². The van der Waals surface area contributed by atoms with Crippen LogP contribution in [-0.4, -0.2) is 32.0 Å². The molecule has 2 aliphatic rings. The van der Waals surface area contributed by atoms with E-state index in [1.807, 2.05) is 31.2 Å². The number of aliphatic imine (C=N–C) groups is 1. The Balaban J connectivity index is 1.85. The predicted octanol–water partition coefficient (Wildman–Crippen LogP) is 4.45. The Labute approximate surface area is 154 Å². The van der Waals surface area contributed by atoms with Crippen LogP contribution in [0, 0.1) is 6.92 Å². The highest BCUT2D eigenvalue weighted by molar-refractivity contribution is 9.10. The highest BCUT2D eigenvalue weighted by Crippen LogP contribution is 2.50. The Morgan fingerprint density at radius 3 is 2.92 bits per heavy atom. The van der Waals surface area contributed by atoms with Crippen LogP contribution in [0.3, 0.4) is 0 Å². The summed E-state index contributed by atoms with van der Waals surface area (Å²) in [5, 5.41) is 12.2. The van der Waals surface area contributed by atoms with Crippen molar-refractivity contribution in [3.63, 3.8) is 0 Å². The van der Waals surface area contributed by atoms with Crippen molar-refractivity contribution in [2.24, 2.45) is 4.99 Å². The molecule has 2 aliphatic heterocycles. The molecule has 0 bridgehead atoms. The van der Waals surface area contributed by atoms with E-state index < -0.39 is 0 Å². The first-order chi connectivity index (χ1) is 11.5. The van der Waals surface area contributed by atoms with Gasteiger partial charge in [-0.3, -0.25) is 9.98 Å². The maximum absolute atomic E-state index is 10.7.